The van der Waals surface area contributed by atoms with E-state index in [1.54, 1.807) is 19.1 Å². The lowest BCUT2D eigenvalue weighted by molar-refractivity contribution is -0.0785. The van der Waals surface area contributed by atoms with E-state index in [0.29, 0.717) is 11.3 Å². The van der Waals surface area contributed by atoms with Crippen LogP contribution in [0.1, 0.15) is 5.56 Å². The van der Waals surface area contributed by atoms with Crippen molar-refractivity contribution >= 4 is 22.7 Å². The van der Waals surface area contributed by atoms with Gasteiger partial charge < -0.3 is 24.5 Å². The molecule has 3 rings (SSSR count). The smallest absolute Gasteiger partial charge is 0.336 e. The third-order valence-electron chi connectivity index (χ3n) is 3.64. The Morgan fingerprint density at radius 3 is 2.82 bits per heavy atom. The van der Waals surface area contributed by atoms with Gasteiger partial charge in [0.1, 0.15) is 12.2 Å². The van der Waals surface area contributed by atoms with Gasteiger partial charge in [-0.25, -0.2) is 4.79 Å². The Morgan fingerprint density at radius 1 is 1.27 bits per heavy atom. The largest absolute Gasteiger partial charge is 0.473 e. The molecule has 1 fully saturated rings. The maximum absolute atomic E-state index is 11.6. The fourth-order valence-electron chi connectivity index (χ4n) is 2.42. The van der Waals surface area contributed by atoms with Gasteiger partial charge >= 0.3 is 5.63 Å². The number of thioether (sulfide) groups is 1. The first kappa shape index (κ1) is 15.4. The first-order valence-electron chi connectivity index (χ1n) is 6.83. The van der Waals surface area contributed by atoms with Gasteiger partial charge in [0.25, 0.3) is 0 Å². The highest BCUT2D eigenvalue weighted by atomic mass is 32.2. The number of aliphatic hydroxyl groups is 3. The topological polar surface area (TPSA) is 100 Å². The van der Waals surface area contributed by atoms with Crippen LogP contribution in [0.2, 0.25) is 0 Å². The van der Waals surface area contributed by atoms with Gasteiger partial charge in [0.2, 0.25) is 0 Å². The van der Waals surface area contributed by atoms with Crippen molar-refractivity contribution in [2.45, 2.75) is 30.7 Å². The Bertz CT molecular complexity index is 742. The van der Waals surface area contributed by atoms with E-state index in [-0.39, 0.29) is 5.75 Å². The van der Waals surface area contributed by atoms with Crippen molar-refractivity contribution < 1.29 is 24.5 Å². The second kappa shape index (κ2) is 5.92. The lowest BCUT2D eigenvalue weighted by atomic mass is 10.1. The van der Waals surface area contributed by atoms with E-state index in [2.05, 4.69) is 0 Å². The van der Waals surface area contributed by atoms with Crippen LogP contribution in [0.25, 0.3) is 11.0 Å². The number of hydrogen-bond acceptors (Lipinski definition) is 7. The number of rotatable bonds is 2. The first-order valence-corrected chi connectivity index (χ1v) is 7.88. The Morgan fingerprint density at radius 2 is 2.05 bits per heavy atom. The summed E-state index contributed by atoms with van der Waals surface area (Å²) in [5, 5.41) is 30.0. The summed E-state index contributed by atoms with van der Waals surface area (Å²) in [6, 6.07) is 6.60. The molecule has 0 aliphatic carbocycles. The summed E-state index contributed by atoms with van der Waals surface area (Å²) in [5.41, 5.74) is -0.159. The SMILES string of the molecule is Cc1cc(=O)oc2c(O[C@@H]3SC[C@@H](O)[C@H](O)[C@H]3O)cccc12. The number of aliphatic hydroxyl groups excluding tert-OH is 3. The number of ether oxygens (including phenoxy) is 1. The van der Waals surface area contributed by atoms with Gasteiger partial charge in [0.05, 0.1) is 6.10 Å². The minimum atomic E-state index is -1.27. The summed E-state index contributed by atoms with van der Waals surface area (Å²) in [6.45, 7) is 1.80. The van der Waals surface area contributed by atoms with Crippen molar-refractivity contribution in [3.63, 3.8) is 0 Å². The van der Waals surface area contributed by atoms with Crippen LogP contribution >= 0.6 is 11.8 Å². The van der Waals surface area contributed by atoms with E-state index >= 15 is 0 Å². The number of para-hydroxylation sites is 1. The number of fused-ring (bicyclic) bond motifs is 1. The summed E-state index contributed by atoms with van der Waals surface area (Å²) in [6.07, 6.45) is -3.50. The summed E-state index contributed by atoms with van der Waals surface area (Å²) in [5.74, 6) is 0.565. The van der Waals surface area contributed by atoms with Gasteiger partial charge in [0, 0.05) is 17.2 Å². The van der Waals surface area contributed by atoms with Crippen LogP contribution in [0.3, 0.4) is 0 Å². The molecular formula is C15H16O6S. The van der Waals surface area contributed by atoms with Gasteiger partial charge in [-0.05, 0) is 18.6 Å². The van der Waals surface area contributed by atoms with Gasteiger partial charge in [-0.2, -0.15) is 0 Å². The quantitative estimate of drug-likeness (QED) is 0.697. The molecule has 118 valence electrons. The fraction of sp³-hybridized carbons (Fsp3) is 0.400. The molecule has 0 amide bonds. The molecule has 0 radical (unpaired) electrons. The van der Waals surface area contributed by atoms with E-state index in [1.165, 1.54) is 17.8 Å². The summed E-state index contributed by atoms with van der Waals surface area (Å²) in [4.78, 5) is 11.6. The molecule has 7 heteroatoms. The molecule has 1 saturated heterocycles. The third-order valence-corrected chi connectivity index (χ3v) is 4.88. The van der Waals surface area contributed by atoms with Gasteiger partial charge in [0.15, 0.2) is 16.8 Å². The van der Waals surface area contributed by atoms with Crippen LogP contribution in [-0.4, -0.2) is 44.8 Å². The zero-order valence-electron chi connectivity index (χ0n) is 11.8. The van der Waals surface area contributed by atoms with E-state index in [4.69, 9.17) is 9.15 Å². The Balaban J connectivity index is 1.96. The van der Waals surface area contributed by atoms with Crippen molar-refractivity contribution in [1.82, 2.24) is 0 Å². The highest BCUT2D eigenvalue weighted by Crippen LogP contribution is 2.33. The molecule has 6 nitrogen and oxygen atoms in total. The van der Waals surface area contributed by atoms with Crippen LogP contribution in [0.15, 0.2) is 33.5 Å². The second-order valence-electron chi connectivity index (χ2n) is 5.25. The minimum absolute atomic E-state index is 0.247. The summed E-state index contributed by atoms with van der Waals surface area (Å²) in [7, 11) is 0. The molecule has 2 aromatic rings. The van der Waals surface area contributed by atoms with E-state index in [0.717, 1.165) is 10.9 Å². The average Bonchev–Trinajstić information content (AvgIpc) is 2.48. The predicted molar refractivity (Wildman–Crippen MR) is 82.1 cm³/mol. The zero-order chi connectivity index (χ0) is 15.9. The van der Waals surface area contributed by atoms with Crippen LogP contribution in [0, 0.1) is 6.92 Å². The molecule has 4 atom stereocenters. The van der Waals surface area contributed by atoms with Gasteiger partial charge in [-0.1, -0.05) is 12.1 Å². The Hall–Kier alpha value is -1.54. The monoisotopic (exact) mass is 324 g/mol. The molecule has 0 saturated carbocycles. The second-order valence-corrected chi connectivity index (χ2v) is 6.38. The van der Waals surface area contributed by atoms with E-state index in [1.807, 2.05) is 6.07 Å². The molecule has 1 aliphatic rings. The standard InChI is InChI=1S/C15H16O6S/c1-7-5-11(17)21-14-8(7)3-2-4-10(14)20-15-13(19)12(18)9(16)6-22-15/h2-5,9,12-13,15-16,18-19H,6H2,1H3/t9-,12+,13-,15-/m1/s1. The molecule has 3 N–H and O–H groups in total. The third kappa shape index (κ3) is 2.72. The zero-order valence-corrected chi connectivity index (χ0v) is 12.6. The molecule has 1 aromatic carbocycles. The Kier molecular flexibility index (Phi) is 4.14. The summed E-state index contributed by atoms with van der Waals surface area (Å²) >= 11 is 1.19. The number of benzene rings is 1. The maximum Gasteiger partial charge on any atom is 0.336 e. The molecule has 2 heterocycles. The highest BCUT2D eigenvalue weighted by Gasteiger charge is 2.38. The predicted octanol–water partition coefficient (Wildman–Crippen LogP) is 0.636. The molecule has 0 unspecified atom stereocenters. The van der Waals surface area contributed by atoms with Crippen LogP contribution < -0.4 is 10.4 Å². The van der Waals surface area contributed by atoms with Crippen molar-refractivity contribution in [3.8, 4) is 5.75 Å². The van der Waals surface area contributed by atoms with Crippen LogP contribution in [-0.2, 0) is 0 Å². The Labute approximate surface area is 130 Å². The van der Waals surface area contributed by atoms with Crippen molar-refractivity contribution in [3.05, 3.63) is 40.2 Å². The van der Waals surface area contributed by atoms with Crippen molar-refractivity contribution in [1.29, 1.82) is 0 Å². The number of aryl methyl sites for hydroxylation is 1. The lowest BCUT2D eigenvalue weighted by Gasteiger charge is -2.34. The molecule has 0 bridgehead atoms. The lowest BCUT2D eigenvalue weighted by Crippen LogP contribution is -2.50. The minimum Gasteiger partial charge on any atom is -0.473 e. The highest BCUT2D eigenvalue weighted by molar-refractivity contribution is 7.99. The molecular weight excluding hydrogens is 308 g/mol. The van der Waals surface area contributed by atoms with Gasteiger partial charge in [-0.3, -0.25) is 0 Å². The van der Waals surface area contributed by atoms with Crippen LogP contribution in [0.4, 0.5) is 0 Å². The average molecular weight is 324 g/mol. The normalized spacial score (nSPS) is 28.7. The van der Waals surface area contributed by atoms with E-state index in [9.17, 15) is 20.1 Å². The van der Waals surface area contributed by atoms with Crippen molar-refractivity contribution in [2.24, 2.45) is 0 Å². The van der Waals surface area contributed by atoms with Crippen LogP contribution in [0.5, 0.6) is 5.75 Å². The van der Waals surface area contributed by atoms with E-state index < -0.39 is 29.4 Å². The maximum atomic E-state index is 11.6. The first-order chi connectivity index (χ1) is 10.5. The van der Waals surface area contributed by atoms with Crippen molar-refractivity contribution in [2.75, 3.05) is 5.75 Å². The fourth-order valence-corrected chi connectivity index (χ4v) is 3.53. The number of hydrogen-bond donors (Lipinski definition) is 3. The molecule has 22 heavy (non-hydrogen) atoms. The summed E-state index contributed by atoms with van der Waals surface area (Å²) < 4.78 is 10.9. The molecule has 1 aromatic heterocycles. The molecule has 0 spiro atoms. The molecule has 1 aliphatic heterocycles. The van der Waals surface area contributed by atoms with Gasteiger partial charge in [-0.15, -0.1) is 11.8 Å².